The fourth-order valence-electron chi connectivity index (χ4n) is 3.34. The Morgan fingerprint density at radius 3 is 2.64 bits per heavy atom. The third-order valence-corrected chi connectivity index (χ3v) is 4.69. The average Bonchev–Trinajstić information content (AvgIpc) is 2.62. The number of piperidine rings is 1. The lowest BCUT2D eigenvalue weighted by molar-refractivity contribution is 0.206. The second-order valence-corrected chi connectivity index (χ2v) is 6.76. The fourth-order valence-corrected chi connectivity index (χ4v) is 3.34. The van der Waals surface area contributed by atoms with Gasteiger partial charge in [-0.1, -0.05) is 19.1 Å². The lowest BCUT2D eigenvalue weighted by atomic mass is 10.1. The van der Waals surface area contributed by atoms with Gasteiger partial charge < -0.3 is 20.3 Å². The van der Waals surface area contributed by atoms with E-state index in [0.29, 0.717) is 12.6 Å². The van der Waals surface area contributed by atoms with Crippen LogP contribution in [0.2, 0.25) is 0 Å². The van der Waals surface area contributed by atoms with Gasteiger partial charge in [-0.05, 0) is 56.8 Å². The predicted molar refractivity (Wildman–Crippen MR) is 105 cm³/mol. The monoisotopic (exact) mass is 346 g/mol. The Hall–Kier alpha value is -1.75. The van der Waals surface area contributed by atoms with Crippen molar-refractivity contribution in [3.05, 3.63) is 29.3 Å². The number of hydrogen-bond donors (Lipinski definition) is 2. The van der Waals surface area contributed by atoms with Crippen molar-refractivity contribution in [2.45, 2.75) is 52.6 Å². The van der Waals surface area contributed by atoms with Crippen LogP contribution in [0.25, 0.3) is 0 Å². The van der Waals surface area contributed by atoms with Crippen molar-refractivity contribution in [3.8, 4) is 5.75 Å². The molecule has 1 aliphatic rings. The largest absolute Gasteiger partial charge is 0.496 e. The molecule has 1 aliphatic heterocycles. The molecule has 0 radical (unpaired) electrons. The van der Waals surface area contributed by atoms with Gasteiger partial charge in [0.2, 0.25) is 0 Å². The number of methoxy groups -OCH3 is 1. The molecule has 0 bridgehead atoms. The molecule has 0 unspecified atom stereocenters. The standard InChI is InChI=1S/C20H34N4O/c1-5-11-24-12-9-18(10-13-24)23-20(21-6-2)22-15-17-7-8-19(25-4)16(3)14-17/h7-8,14,18H,5-6,9-13,15H2,1-4H3,(H2,21,22,23). The van der Waals surface area contributed by atoms with E-state index in [9.17, 15) is 0 Å². The summed E-state index contributed by atoms with van der Waals surface area (Å²) in [6.45, 7) is 11.6. The highest BCUT2D eigenvalue weighted by Crippen LogP contribution is 2.19. The fraction of sp³-hybridized carbons (Fsp3) is 0.650. The van der Waals surface area contributed by atoms with Crippen LogP contribution in [0.4, 0.5) is 0 Å². The van der Waals surface area contributed by atoms with Gasteiger partial charge in [-0.2, -0.15) is 0 Å². The molecule has 1 fully saturated rings. The van der Waals surface area contributed by atoms with Gasteiger partial charge in [0.05, 0.1) is 13.7 Å². The highest BCUT2D eigenvalue weighted by Gasteiger charge is 2.19. The summed E-state index contributed by atoms with van der Waals surface area (Å²) < 4.78 is 5.33. The molecule has 0 aliphatic carbocycles. The molecule has 1 aromatic rings. The van der Waals surface area contributed by atoms with Crippen LogP contribution in [0.15, 0.2) is 23.2 Å². The van der Waals surface area contributed by atoms with Gasteiger partial charge in [-0.25, -0.2) is 4.99 Å². The van der Waals surface area contributed by atoms with Gasteiger partial charge in [-0.15, -0.1) is 0 Å². The highest BCUT2D eigenvalue weighted by molar-refractivity contribution is 5.80. The van der Waals surface area contributed by atoms with Crippen LogP contribution in [0.5, 0.6) is 5.75 Å². The first-order valence-corrected chi connectivity index (χ1v) is 9.57. The van der Waals surface area contributed by atoms with Gasteiger partial charge in [-0.3, -0.25) is 0 Å². The summed E-state index contributed by atoms with van der Waals surface area (Å²) in [6, 6.07) is 6.77. The van der Waals surface area contributed by atoms with Gasteiger partial charge in [0.1, 0.15) is 5.75 Å². The minimum atomic E-state index is 0.517. The molecular formula is C20H34N4O. The third-order valence-electron chi connectivity index (χ3n) is 4.69. The molecule has 5 nitrogen and oxygen atoms in total. The van der Waals surface area contributed by atoms with Crippen LogP contribution < -0.4 is 15.4 Å². The zero-order valence-electron chi connectivity index (χ0n) is 16.3. The number of ether oxygens (including phenoxy) is 1. The van der Waals surface area contributed by atoms with Gasteiger partial charge in [0, 0.05) is 25.7 Å². The lowest BCUT2D eigenvalue weighted by Crippen LogP contribution is -2.48. The maximum absolute atomic E-state index is 5.33. The van der Waals surface area contributed by atoms with Crippen molar-refractivity contribution >= 4 is 5.96 Å². The molecule has 0 saturated carbocycles. The normalized spacial score (nSPS) is 16.7. The molecule has 0 amide bonds. The number of hydrogen-bond acceptors (Lipinski definition) is 3. The summed E-state index contributed by atoms with van der Waals surface area (Å²) in [5.74, 6) is 1.85. The first kappa shape index (κ1) is 19.6. The second kappa shape index (κ2) is 10.3. The molecule has 0 atom stereocenters. The summed E-state index contributed by atoms with van der Waals surface area (Å²) >= 11 is 0. The Morgan fingerprint density at radius 2 is 2.04 bits per heavy atom. The quantitative estimate of drug-likeness (QED) is 0.589. The SMILES string of the molecule is CCCN1CCC(NC(=NCc2ccc(OC)c(C)c2)NCC)CC1. The topological polar surface area (TPSA) is 48.9 Å². The van der Waals surface area contributed by atoms with Crippen molar-refractivity contribution in [3.63, 3.8) is 0 Å². The number of benzene rings is 1. The molecule has 0 spiro atoms. The van der Waals surface area contributed by atoms with Crippen LogP contribution >= 0.6 is 0 Å². The van der Waals surface area contributed by atoms with E-state index in [2.05, 4.69) is 48.4 Å². The van der Waals surface area contributed by atoms with Crippen molar-refractivity contribution < 1.29 is 4.74 Å². The van der Waals surface area contributed by atoms with E-state index in [0.717, 1.165) is 23.8 Å². The molecule has 5 heteroatoms. The number of nitrogens with zero attached hydrogens (tertiary/aromatic N) is 2. The number of nitrogens with one attached hydrogen (secondary N) is 2. The Kier molecular flexibility index (Phi) is 8.06. The zero-order chi connectivity index (χ0) is 18.1. The zero-order valence-corrected chi connectivity index (χ0v) is 16.3. The van der Waals surface area contributed by atoms with Crippen molar-refractivity contribution in [1.82, 2.24) is 15.5 Å². The maximum atomic E-state index is 5.33. The number of rotatable bonds is 7. The van der Waals surface area contributed by atoms with Gasteiger partial charge in [0.15, 0.2) is 5.96 Å². The van der Waals surface area contributed by atoms with Crippen LogP contribution in [0.1, 0.15) is 44.2 Å². The van der Waals surface area contributed by atoms with Crippen molar-refractivity contribution in [2.24, 2.45) is 4.99 Å². The summed E-state index contributed by atoms with van der Waals surface area (Å²) in [5, 5.41) is 6.99. The predicted octanol–water partition coefficient (Wildman–Crippen LogP) is 2.93. The number of guanidine groups is 1. The molecule has 1 saturated heterocycles. The van der Waals surface area contributed by atoms with Crippen LogP contribution in [-0.2, 0) is 6.54 Å². The highest BCUT2D eigenvalue weighted by atomic mass is 16.5. The molecule has 140 valence electrons. The Bertz CT molecular complexity index is 551. The number of aliphatic imine (C=N–C) groups is 1. The Morgan fingerprint density at radius 1 is 1.28 bits per heavy atom. The molecule has 0 aromatic heterocycles. The molecule has 2 rings (SSSR count). The Balaban J connectivity index is 1.91. The van der Waals surface area contributed by atoms with E-state index in [-0.39, 0.29) is 0 Å². The molecule has 2 N–H and O–H groups in total. The summed E-state index contributed by atoms with van der Waals surface area (Å²) in [5.41, 5.74) is 2.35. The van der Waals surface area contributed by atoms with E-state index in [1.807, 2.05) is 6.07 Å². The molecule has 1 heterocycles. The smallest absolute Gasteiger partial charge is 0.191 e. The summed E-state index contributed by atoms with van der Waals surface area (Å²) in [6.07, 6.45) is 3.61. The average molecular weight is 347 g/mol. The third kappa shape index (κ3) is 6.24. The first-order chi connectivity index (χ1) is 12.2. The summed E-state index contributed by atoms with van der Waals surface area (Å²) in [7, 11) is 1.71. The summed E-state index contributed by atoms with van der Waals surface area (Å²) in [4.78, 5) is 7.33. The molecule has 1 aromatic carbocycles. The maximum Gasteiger partial charge on any atom is 0.191 e. The first-order valence-electron chi connectivity index (χ1n) is 9.57. The van der Waals surface area contributed by atoms with E-state index in [1.54, 1.807) is 7.11 Å². The second-order valence-electron chi connectivity index (χ2n) is 6.76. The van der Waals surface area contributed by atoms with Crippen LogP contribution in [0.3, 0.4) is 0 Å². The van der Waals surface area contributed by atoms with Crippen LogP contribution in [0, 0.1) is 6.92 Å². The van der Waals surface area contributed by atoms with E-state index >= 15 is 0 Å². The molecular weight excluding hydrogens is 312 g/mol. The van der Waals surface area contributed by atoms with Gasteiger partial charge in [0.25, 0.3) is 0 Å². The lowest BCUT2D eigenvalue weighted by Gasteiger charge is -2.32. The number of likely N-dealkylation sites (tertiary alicyclic amines) is 1. The van der Waals surface area contributed by atoms with Crippen LogP contribution in [-0.4, -0.2) is 50.2 Å². The number of aryl methyl sites for hydroxylation is 1. The van der Waals surface area contributed by atoms with Crippen molar-refractivity contribution in [2.75, 3.05) is 33.3 Å². The Labute approximate surface area is 152 Å². The van der Waals surface area contributed by atoms with E-state index < -0.39 is 0 Å². The van der Waals surface area contributed by atoms with E-state index in [1.165, 1.54) is 44.5 Å². The minimum Gasteiger partial charge on any atom is -0.496 e. The van der Waals surface area contributed by atoms with Crippen molar-refractivity contribution in [1.29, 1.82) is 0 Å². The van der Waals surface area contributed by atoms with E-state index in [4.69, 9.17) is 9.73 Å². The van der Waals surface area contributed by atoms with Gasteiger partial charge >= 0.3 is 0 Å². The minimum absolute atomic E-state index is 0.517. The molecule has 25 heavy (non-hydrogen) atoms.